The molecule has 0 saturated carbocycles. The zero-order valence-electron chi connectivity index (χ0n) is 9.84. The third-order valence-electron chi connectivity index (χ3n) is 2.66. The first kappa shape index (κ1) is 14.4. The van der Waals surface area contributed by atoms with Gasteiger partial charge in [0.05, 0.1) is 17.4 Å². The average molecular weight is 411 g/mol. The minimum absolute atomic E-state index is 0.216. The lowest BCUT2D eigenvalue weighted by molar-refractivity contribution is 0.413. The zero-order chi connectivity index (χ0) is 13.3. The Morgan fingerprint density at radius 2 is 2.00 bits per heavy atom. The third kappa shape index (κ3) is 2.77. The normalized spacial score (nSPS) is 12.5. The average Bonchev–Trinajstić information content (AvgIpc) is 2.81. The van der Waals surface area contributed by atoms with Crippen LogP contribution < -0.4 is 4.74 Å². The summed E-state index contributed by atoms with van der Waals surface area (Å²) >= 11 is 15.3. The van der Waals surface area contributed by atoms with Crippen molar-refractivity contribution in [3.05, 3.63) is 48.5 Å². The second-order valence-corrected chi connectivity index (χ2v) is 6.93. The number of thiophene rings is 1. The molecule has 1 aromatic carbocycles. The second kappa shape index (κ2) is 5.95. The van der Waals surface area contributed by atoms with Gasteiger partial charge in [-0.3, -0.25) is 0 Å². The molecule has 5 heteroatoms. The van der Waals surface area contributed by atoms with Crippen LogP contribution in [0.5, 0.6) is 5.75 Å². The van der Waals surface area contributed by atoms with Gasteiger partial charge in [0.15, 0.2) is 0 Å². The van der Waals surface area contributed by atoms with Gasteiger partial charge in [0, 0.05) is 8.95 Å². The monoisotopic (exact) mass is 408 g/mol. The van der Waals surface area contributed by atoms with Crippen molar-refractivity contribution in [2.45, 2.75) is 12.3 Å². The van der Waals surface area contributed by atoms with Crippen molar-refractivity contribution in [3.8, 4) is 5.75 Å². The van der Waals surface area contributed by atoms with E-state index in [0.717, 1.165) is 25.1 Å². The Morgan fingerprint density at radius 1 is 1.28 bits per heavy atom. The van der Waals surface area contributed by atoms with E-state index in [2.05, 4.69) is 44.0 Å². The molecule has 96 valence electrons. The van der Waals surface area contributed by atoms with E-state index in [4.69, 9.17) is 16.3 Å². The maximum absolute atomic E-state index is 6.57. The van der Waals surface area contributed by atoms with Gasteiger partial charge in [0.2, 0.25) is 0 Å². The molecule has 1 unspecified atom stereocenters. The highest BCUT2D eigenvalue weighted by atomic mass is 79.9. The molecule has 0 bridgehead atoms. The van der Waals surface area contributed by atoms with Crippen LogP contribution in [0.3, 0.4) is 0 Å². The highest BCUT2D eigenvalue weighted by molar-refractivity contribution is 9.11. The van der Waals surface area contributed by atoms with Gasteiger partial charge >= 0.3 is 0 Å². The third-order valence-corrected chi connectivity index (χ3v) is 5.75. The SMILES string of the molecule is COc1ccsc1C(Cl)c1cc(Br)c(C)cc1Br. The fourth-order valence-electron chi connectivity index (χ4n) is 1.66. The van der Waals surface area contributed by atoms with Crippen LogP contribution in [0.15, 0.2) is 32.5 Å². The Bertz CT molecular complexity index is 568. The summed E-state index contributed by atoms with van der Waals surface area (Å²) in [6, 6.07) is 6.05. The lowest BCUT2D eigenvalue weighted by Gasteiger charge is -2.14. The molecular formula is C13H11Br2ClOS. The number of aryl methyl sites for hydroxylation is 1. The Kier molecular flexibility index (Phi) is 4.75. The minimum Gasteiger partial charge on any atom is -0.496 e. The first-order chi connectivity index (χ1) is 8.54. The summed E-state index contributed by atoms with van der Waals surface area (Å²) in [5, 5.41) is 1.77. The van der Waals surface area contributed by atoms with Gasteiger partial charge in [0.1, 0.15) is 5.75 Å². The number of hydrogen-bond acceptors (Lipinski definition) is 2. The lowest BCUT2D eigenvalue weighted by atomic mass is 10.1. The summed E-state index contributed by atoms with van der Waals surface area (Å²) < 4.78 is 7.39. The number of methoxy groups -OCH3 is 1. The smallest absolute Gasteiger partial charge is 0.134 e. The van der Waals surface area contributed by atoms with Crippen LogP contribution in [0, 0.1) is 6.92 Å². The quantitative estimate of drug-likeness (QED) is 0.571. The molecule has 0 radical (unpaired) electrons. The summed E-state index contributed by atoms with van der Waals surface area (Å²) in [4.78, 5) is 1.02. The van der Waals surface area contributed by atoms with Crippen molar-refractivity contribution < 1.29 is 4.74 Å². The Hall–Kier alpha value is -0.0300. The summed E-state index contributed by atoms with van der Waals surface area (Å²) in [5.74, 6) is 0.837. The van der Waals surface area contributed by atoms with Crippen molar-refractivity contribution in [3.63, 3.8) is 0 Å². The van der Waals surface area contributed by atoms with E-state index in [0.29, 0.717) is 0 Å². The number of rotatable bonds is 3. The molecule has 1 heterocycles. The molecule has 18 heavy (non-hydrogen) atoms. The van der Waals surface area contributed by atoms with E-state index < -0.39 is 0 Å². The highest BCUT2D eigenvalue weighted by Gasteiger charge is 2.20. The van der Waals surface area contributed by atoms with E-state index in [-0.39, 0.29) is 5.38 Å². The van der Waals surface area contributed by atoms with E-state index in [1.165, 1.54) is 5.56 Å². The van der Waals surface area contributed by atoms with Gasteiger partial charge in [0.25, 0.3) is 0 Å². The molecule has 0 aliphatic carbocycles. The number of ether oxygens (including phenoxy) is 1. The molecule has 0 spiro atoms. The first-order valence-electron chi connectivity index (χ1n) is 5.25. The molecular weight excluding hydrogens is 399 g/mol. The zero-order valence-corrected chi connectivity index (χ0v) is 14.6. The Labute approximate surface area is 132 Å². The van der Waals surface area contributed by atoms with Crippen LogP contribution in [0.2, 0.25) is 0 Å². The predicted molar refractivity (Wildman–Crippen MR) is 85.1 cm³/mol. The summed E-state index contributed by atoms with van der Waals surface area (Å²) in [7, 11) is 1.66. The van der Waals surface area contributed by atoms with Crippen LogP contribution >= 0.6 is 54.8 Å². The predicted octanol–water partition coefficient (Wildman–Crippen LogP) is 5.92. The molecule has 2 aromatic rings. The van der Waals surface area contributed by atoms with Crippen molar-refractivity contribution in [2.75, 3.05) is 7.11 Å². The van der Waals surface area contributed by atoms with E-state index in [1.54, 1.807) is 18.4 Å². The maximum Gasteiger partial charge on any atom is 0.134 e. The summed E-state index contributed by atoms with van der Waals surface area (Å²) in [6.07, 6.45) is 0. The second-order valence-electron chi connectivity index (χ2n) is 3.84. The molecule has 1 atom stereocenters. The molecule has 0 N–H and O–H groups in total. The number of alkyl halides is 1. The van der Waals surface area contributed by atoms with Gasteiger partial charge in [-0.2, -0.15) is 0 Å². The molecule has 2 rings (SSSR count). The Morgan fingerprint density at radius 3 is 2.67 bits per heavy atom. The van der Waals surface area contributed by atoms with Crippen molar-refractivity contribution in [2.24, 2.45) is 0 Å². The topological polar surface area (TPSA) is 9.23 Å². The largest absolute Gasteiger partial charge is 0.496 e. The van der Waals surface area contributed by atoms with Gasteiger partial charge in [-0.15, -0.1) is 22.9 Å². The van der Waals surface area contributed by atoms with Crippen LogP contribution in [-0.2, 0) is 0 Å². The highest BCUT2D eigenvalue weighted by Crippen LogP contribution is 2.42. The fourth-order valence-corrected chi connectivity index (χ4v) is 4.13. The molecule has 1 aromatic heterocycles. The number of benzene rings is 1. The summed E-state index contributed by atoms with van der Waals surface area (Å²) in [6.45, 7) is 2.05. The van der Waals surface area contributed by atoms with Crippen molar-refractivity contribution >= 4 is 54.8 Å². The molecule has 0 saturated heterocycles. The molecule has 0 fully saturated rings. The number of halogens is 3. The standard InChI is InChI=1S/C13H11Br2ClOS/c1-7-5-10(15)8(6-9(7)14)12(16)13-11(17-2)3-4-18-13/h3-6,12H,1-2H3. The number of hydrogen-bond donors (Lipinski definition) is 0. The van der Waals surface area contributed by atoms with Gasteiger partial charge < -0.3 is 4.74 Å². The van der Waals surface area contributed by atoms with E-state index in [1.807, 2.05) is 18.4 Å². The minimum atomic E-state index is -0.216. The lowest BCUT2D eigenvalue weighted by Crippen LogP contribution is -1.96. The van der Waals surface area contributed by atoms with Crippen LogP contribution in [-0.4, -0.2) is 7.11 Å². The Balaban J connectivity index is 2.46. The van der Waals surface area contributed by atoms with Crippen molar-refractivity contribution in [1.82, 2.24) is 0 Å². The summed E-state index contributed by atoms with van der Waals surface area (Å²) in [5.41, 5.74) is 2.21. The van der Waals surface area contributed by atoms with Crippen LogP contribution in [0.1, 0.15) is 21.4 Å². The van der Waals surface area contributed by atoms with Gasteiger partial charge in [-0.05, 0) is 41.6 Å². The fraction of sp³-hybridized carbons (Fsp3) is 0.231. The molecule has 0 amide bonds. The van der Waals surface area contributed by atoms with E-state index in [9.17, 15) is 0 Å². The van der Waals surface area contributed by atoms with Crippen LogP contribution in [0.25, 0.3) is 0 Å². The van der Waals surface area contributed by atoms with Gasteiger partial charge in [-0.25, -0.2) is 0 Å². The molecule has 1 nitrogen and oxygen atoms in total. The van der Waals surface area contributed by atoms with Gasteiger partial charge in [-0.1, -0.05) is 31.9 Å². The maximum atomic E-state index is 6.57. The first-order valence-corrected chi connectivity index (χ1v) is 8.15. The van der Waals surface area contributed by atoms with Crippen molar-refractivity contribution in [1.29, 1.82) is 0 Å². The molecule has 0 aliphatic rings. The van der Waals surface area contributed by atoms with Crippen LogP contribution in [0.4, 0.5) is 0 Å². The molecule has 0 aliphatic heterocycles. The van der Waals surface area contributed by atoms with E-state index >= 15 is 0 Å².